The molecule has 0 unspecified atom stereocenters. The number of nitrogens with one attached hydrogen (secondary N) is 1. The third-order valence-electron chi connectivity index (χ3n) is 3.00. The summed E-state index contributed by atoms with van der Waals surface area (Å²) < 4.78 is 7.63. The molecule has 0 saturated carbocycles. The van der Waals surface area contributed by atoms with Crippen LogP contribution in [-0.4, -0.2) is 20.8 Å². The molecule has 5 nitrogen and oxygen atoms in total. The summed E-state index contributed by atoms with van der Waals surface area (Å²) in [6.07, 6.45) is 4.74. The molecule has 0 bridgehead atoms. The Balaban J connectivity index is 1.88. The number of rotatable bonds is 8. The molecule has 0 aliphatic rings. The van der Waals surface area contributed by atoms with Crippen molar-refractivity contribution >= 4 is 0 Å². The van der Waals surface area contributed by atoms with Crippen LogP contribution in [0.3, 0.4) is 0 Å². The first-order valence-electron chi connectivity index (χ1n) is 7.51. The number of hydrogen-bond donors (Lipinski definition) is 1. The van der Waals surface area contributed by atoms with Crippen LogP contribution in [0.2, 0.25) is 0 Å². The quantitative estimate of drug-likeness (QED) is 0.811. The Morgan fingerprint density at radius 3 is 2.86 bits per heavy atom. The largest absolute Gasteiger partial charge is 0.484 e. The maximum Gasteiger partial charge on any atom is 0.157 e. The fraction of sp³-hybridized carbons (Fsp3) is 0.500. The summed E-state index contributed by atoms with van der Waals surface area (Å²) in [6.45, 7) is 8.54. The van der Waals surface area contributed by atoms with Crippen molar-refractivity contribution in [2.75, 3.05) is 0 Å². The molecule has 2 rings (SSSR count). The number of aromatic nitrogens is 3. The van der Waals surface area contributed by atoms with Crippen molar-refractivity contribution in [3.8, 4) is 5.75 Å². The van der Waals surface area contributed by atoms with Gasteiger partial charge in [0.1, 0.15) is 6.61 Å². The van der Waals surface area contributed by atoms with Gasteiger partial charge in [0.2, 0.25) is 0 Å². The van der Waals surface area contributed by atoms with Crippen molar-refractivity contribution < 1.29 is 4.74 Å². The molecule has 2 aromatic heterocycles. The third-order valence-corrected chi connectivity index (χ3v) is 3.00. The lowest BCUT2D eigenvalue weighted by molar-refractivity contribution is 0.300. The van der Waals surface area contributed by atoms with Crippen molar-refractivity contribution in [3.63, 3.8) is 0 Å². The van der Waals surface area contributed by atoms with Gasteiger partial charge in [-0.3, -0.25) is 9.67 Å². The fourth-order valence-electron chi connectivity index (χ4n) is 1.94. The predicted molar refractivity (Wildman–Crippen MR) is 83.1 cm³/mol. The van der Waals surface area contributed by atoms with Crippen LogP contribution in [0.15, 0.2) is 30.6 Å². The van der Waals surface area contributed by atoms with Gasteiger partial charge in [-0.1, -0.05) is 26.8 Å². The zero-order valence-electron chi connectivity index (χ0n) is 13.0. The van der Waals surface area contributed by atoms with Crippen LogP contribution in [0.5, 0.6) is 5.75 Å². The monoisotopic (exact) mass is 288 g/mol. The molecule has 0 radical (unpaired) electrons. The summed E-state index contributed by atoms with van der Waals surface area (Å²) >= 11 is 0. The van der Waals surface area contributed by atoms with Gasteiger partial charge in [-0.2, -0.15) is 5.10 Å². The second kappa shape index (κ2) is 7.78. The molecular weight excluding hydrogens is 264 g/mol. The molecule has 0 atom stereocenters. The molecule has 0 spiro atoms. The molecule has 114 valence electrons. The van der Waals surface area contributed by atoms with Crippen LogP contribution in [-0.2, 0) is 19.7 Å². The van der Waals surface area contributed by atoms with Gasteiger partial charge in [-0.25, -0.2) is 0 Å². The highest BCUT2D eigenvalue weighted by atomic mass is 16.5. The molecule has 0 fully saturated rings. The Morgan fingerprint density at radius 2 is 2.10 bits per heavy atom. The average Bonchev–Trinajstić information content (AvgIpc) is 2.92. The first-order valence-corrected chi connectivity index (χ1v) is 7.51. The molecule has 0 aromatic carbocycles. The summed E-state index contributed by atoms with van der Waals surface area (Å²) in [6, 6.07) is 6.48. The molecule has 21 heavy (non-hydrogen) atoms. The third kappa shape index (κ3) is 5.19. The van der Waals surface area contributed by atoms with Gasteiger partial charge in [-0.05, 0) is 18.6 Å². The van der Waals surface area contributed by atoms with E-state index in [9.17, 15) is 0 Å². The predicted octanol–water partition coefficient (Wildman–Crippen LogP) is 2.77. The highest BCUT2D eigenvalue weighted by molar-refractivity contribution is 5.14. The second-order valence-electron chi connectivity index (χ2n) is 5.38. The van der Waals surface area contributed by atoms with E-state index >= 15 is 0 Å². The summed E-state index contributed by atoms with van der Waals surface area (Å²) in [5.41, 5.74) is 1.97. The topological polar surface area (TPSA) is 52.0 Å². The SMILES string of the molecule is CCCn1cc(OCc2cccc(CNC(C)C)n2)cn1. The Labute approximate surface area is 126 Å². The Hall–Kier alpha value is -1.88. The standard InChI is InChI=1S/C16H24N4O/c1-4-8-20-11-16(10-18-20)21-12-15-7-5-6-14(19-15)9-17-13(2)3/h5-7,10-11,13,17H,4,8-9,12H2,1-3H3. The van der Waals surface area contributed by atoms with E-state index in [0.29, 0.717) is 12.6 Å². The van der Waals surface area contributed by atoms with Crippen molar-refractivity contribution in [3.05, 3.63) is 42.0 Å². The van der Waals surface area contributed by atoms with Crippen molar-refractivity contribution in [2.24, 2.45) is 0 Å². The minimum Gasteiger partial charge on any atom is -0.484 e. The summed E-state index contributed by atoms with van der Waals surface area (Å²) in [7, 11) is 0. The Bertz CT molecular complexity index is 551. The maximum atomic E-state index is 5.73. The first kappa shape index (κ1) is 15.5. The maximum absolute atomic E-state index is 5.73. The van der Waals surface area contributed by atoms with Gasteiger partial charge in [0.25, 0.3) is 0 Å². The highest BCUT2D eigenvalue weighted by Gasteiger charge is 2.02. The number of aryl methyl sites for hydroxylation is 1. The Kier molecular flexibility index (Phi) is 5.75. The second-order valence-corrected chi connectivity index (χ2v) is 5.38. The van der Waals surface area contributed by atoms with E-state index in [0.717, 1.165) is 36.6 Å². The molecule has 0 amide bonds. The van der Waals surface area contributed by atoms with E-state index in [-0.39, 0.29) is 0 Å². The summed E-state index contributed by atoms with van der Waals surface area (Å²) in [5.74, 6) is 0.788. The molecule has 0 aliphatic carbocycles. The van der Waals surface area contributed by atoms with Gasteiger partial charge >= 0.3 is 0 Å². The van der Waals surface area contributed by atoms with Gasteiger partial charge in [-0.15, -0.1) is 0 Å². The van der Waals surface area contributed by atoms with Crippen molar-refractivity contribution in [1.29, 1.82) is 0 Å². The first-order chi connectivity index (χ1) is 10.2. The lowest BCUT2D eigenvalue weighted by Crippen LogP contribution is -2.22. The van der Waals surface area contributed by atoms with Crippen LogP contribution in [0.25, 0.3) is 0 Å². The van der Waals surface area contributed by atoms with Crippen LogP contribution >= 0.6 is 0 Å². The van der Waals surface area contributed by atoms with Gasteiger partial charge in [0.05, 0.1) is 23.8 Å². The number of hydrogen-bond acceptors (Lipinski definition) is 4. The smallest absolute Gasteiger partial charge is 0.157 e. The normalized spacial score (nSPS) is 11.0. The highest BCUT2D eigenvalue weighted by Crippen LogP contribution is 2.11. The summed E-state index contributed by atoms with van der Waals surface area (Å²) in [4.78, 5) is 4.59. The lowest BCUT2D eigenvalue weighted by atomic mass is 10.3. The van der Waals surface area contributed by atoms with Gasteiger partial charge in [0, 0.05) is 19.1 Å². The van der Waals surface area contributed by atoms with Crippen LogP contribution in [0.4, 0.5) is 0 Å². The molecule has 5 heteroatoms. The van der Waals surface area contributed by atoms with Crippen LogP contribution in [0, 0.1) is 0 Å². The van der Waals surface area contributed by atoms with Gasteiger partial charge in [0.15, 0.2) is 5.75 Å². The average molecular weight is 288 g/mol. The van der Waals surface area contributed by atoms with E-state index in [1.807, 2.05) is 29.1 Å². The van der Waals surface area contributed by atoms with E-state index in [1.165, 1.54) is 0 Å². The van der Waals surface area contributed by atoms with E-state index in [2.05, 4.69) is 36.2 Å². The van der Waals surface area contributed by atoms with E-state index in [4.69, 9.17) is 4.74 Å². The van der Waals surface area contributed by atoms with Crippen LogP contribution in [0.1, 0.15) is 38.6 Å². The van der Waals surface area contributed by atoms with Gasteiger partial charge < -0.3 is 10.1 Å². The minimum atomic E-state index is 0.455. The van der Waals surface area contributed by atoms with Crippen LogP contribution < -0.4 is 10.1 Å². The molecular formula is C16H24N4O. The molecule has 1 N–H and O–H groups in total. The molecule has 0 aliphatic heterocycles. The molecule has 2 heterocycles. The van der Waals surface area contributed by atoms with Crippen molar-refractivity contribution in [1.82, 2.24) is 20.1 Å². The molecule has 0 saturated heterocycles. The molecule has 2 aromatic rings. The Morgan fingerprint density at radius 1 is 1.29 bits per heavy atom. The zero-order valence-corrected chi connectivity index (χ0v) is 13.0. The number of pyridine rings is 1. The zero-order chi connectivity index (χ0) is 15.1. The van der Waals surface area contributed by atoms with E-state index in [1.54, 1.807) is 6.20 Å². The summed E-state index contributed by atoms with van der Waals surface area (Å²) in [5, 5.41) is 7.61. The fourth-order valence-corrected chi connectivity index (χ4v) is 1.94. The number of ether oxygens (including phenoxy) is 1. The van der Waals surface area contributed by atoms with E-state index < -0.39 is 0 Å². The number of nitrogens with zero attached hydrogens (tertiary/aromatic N) is 3. The minimum absolute atomic E-state index is 0.455. The lowest BCUT2D eigenvalue weighted by Gasteiger charge is -2.09. The van der Waals surface area contributed by atoms with Crippen molar-refractivity contribution in [2.45, 2.75) is 52.9 Å².